The molecule has 2 aromatic carbocycles. The molecule has 1 aliphatic rings. The molecule has 0 radical (unpaired) electrons. The van der Waals surface area contributed by atoms with E-state index in [0.717, 1.165) is 22.4 Å². The van der Waals surface area contributed by atoms with Crippen LogP contribution < -0.4 is 10.1 Å². The van der Waals surface area contributed by atoms with Gasteiger partial charge in [0, 0.05) is 17.8 Å². The fourth-order valence-corrected chi connectivity index (χ4v) is 3.85. The molecule has 0 saturated carbocycles. The molecular weight excluding hydrogens is 415 g/mol. The van der Waals surface area contributed by atoms with Crippen LogP contribution >= 0.6 is 12.2 Å². The highest BCUT2D eigenvalue weighted by molar-refractivity contribution is 7.80. The van der Waals surface area contributed by atoms with Crippen molar-refractivity contribution < 1.29 is 13.7 Å². The van der Waals surface area contributed by atoms with E-state index in [1.165, 1.54) is 12.1 Å². The zero-order valence-corrected chi connectivity index (χ0v) is 17.9. The number of nitrogens with one attached hydrogen (secondary N) is 1. The van der Waals surface area contributed by atoms with Crippen molar-refractivity contribution in [3.8, 4) is 17.1 Å². The summed E-state index contributed by atoms with van der Waals surface area (Å²) in [5.41, 5.74) is 3.23. The molecule has 0 fully saturated rings. The zero-order valence-electron chi connectivity index (χ0n) is 17.1. The van der Waals surface area contributed by atoms with Crippen molar-refractivity contribution in [3.63, 3.8) is 0 Å². The van der Waals surface area contributed by atoms with Crippen LogP contribution in [0.25, 0.3) is 17.0 Å². The number of thiocarbonyl (C=S) groups is 1. The van der Waals surface area contributed by atoms with Gasteiger partial charge in [0.05, 0.1) is 18.7 Å². The first-order valence-electron chi connectivity index (χ1n) is 9.65. The van der Waals surface area contributed by atoms with Crippen LogP contribution in [-0.2, 0) is 0 Å². The topological polar surface area (TPSA) is 63.4 Å². The molecule has 1 aliphatic heterocycles. The summed E-state index contributed by atoms with van der Waals surface area (Å²) in [5, 5.41) is 8.03. The van der Waals surface area contributed by atoms with Gasteiger partial charge in [-0.1, -0.05) is 35.5 Å². The van der Waals surface area contributed by atoms with Gasteiger partial charge in [0.15, 0.2) is 5.11 Å². The Morgan fingerprint density at radius 3 is 2.77 bits per heavy atom. The molecule has 0 bridgehead atoms. The third-order valence-corrected chi connectivity index (χ3v) is 5.43. The van der Waals surface area contributed by atoms with Gasteiger partial charge in [-0.2, -0.15) is 4.98 Å². The van der Waals surface area contributed by atoms with E-state index >= 15 is 0 Å². The van der Waals surface area contributed by atoms with Gasteiger partial charge in [-0.15, -0.1) is 6.58 Å². The predicted octanol–water partition coefficient (Wildman–Crippen LogP) is 4.73. The Kier molecular flexibility index (Phi) is 5.81. The summed E-state index contributed by atoms with van der Waals surface area (Å²) in [5.74, 6) is 1.19. The summed E-state index contributed by atoms with van der Waals surface area (Å²) in [6.45, 7) is 6.28. The maximum Gasteiger partial charge on any atom is 0.258 e. The number of benzene rings is 2. The summed E-state index contributed by atoms with van der Waals surface area (Å²) >= 11 is 5.56. The maximum absolute atomic E-state index is 13.5. The Labute approximate surface area is 185 Å². The largest absolute Gasteiger partial charge is 0.497 e. The molecule has 0 amide bonds. The molecule has 31 heavy (non-hydrogen) atoms. The van der Waals surface area contributed by atoms with Crippen molar-refractivity contribution >= 4 is 22.9 Å². The molecule has 1 atom stereocenters. The van der Waals surface area contributed by atoms with Gasteiger partial charge in [-0.05, 0) is 49.0 Å². The zero-order chi connectivity index (χ0) is 22.0. The lowest BCUT2D eigenvalue weighted by Gasteiger charge is -2.36. The second-order valence-electron chi connectivity index (χ2n) is 6.99. The van der Waals surface area contributed by atoms with Gasteiger partial charge in [0.25, 0.3) is 5.89 Å². The van der Waals surface area contributed by atoms with E-state index < -0.39 is 0 Å². The Balaban J connectivity index is 1.81. The van der Waals surface area contributed by atoms with Gasteiger partial charge in [0.1, 0.15) is 11.6 Å². The molecule has 8 heteroatoms. The van der Waals surface area contributed by atoms with Crippen LogP contribution in [0.2, 0.25) is 0 Å². The van der Waals surface area contributed by atoms with E-state index in [0.29, 0.717) is 29.1 Å². The smallest absolute Gasteiger partial charge is 0.258 e. The average molecular weight is 437 g/mol. The van der Waals surface area contributed by atoms with Crippen molar-refractivity contribution in [2.45, 2.75) is 13.0 Å². The summed E-state index contributed by atoms with van der Waals surface area (Å²) < 4.78 is 24.5. The first kappa shape index (κ1) is 20.7. The van der Waals surface area contributed by atoms with Crippen molar-refractivity contribution in [2.75, 3.05) is 13.7 Å². The van der Waals surface area contributed by atoms with E-state index in [-0.39, 0.29) is 11.9 Å². The molecular formula is C23H21FN4O2S. The minimum absolute atomic E-state index is 0.309. The standard InChI is InChI=1S/C23H21FN4O2S/c1-4-12-28-14(2)19(20(25-23(28)31)15-8-10-17(24)11-9-15)22-26-21(27-30-22)16-6-5-7-18(13-16)29-3/h4-11,13,20H,1,12H2,2-3H3,(H,25,31). The van der Waals surface area contributed by atoms with Crippen molar-refractivity contribution in [1.29, 1.82) is 0 Å². The highest BCUT2D eigenvalue weighted by atomic mass is 32.1. The minimum atomic E-state index is -0.368. The number of rotatable bonds is 6. The van der Waals surface area contributed by atoms with Crippen LogP contribution in [0.15, 0.2) is 71.4 Å². The molecule has 1 N–H and O–H groups in total. The van der Waals surface area contributed by atoms with Gasteiger partial charge >= 0.3 is 0 Å². The molecule has 0 aliphatic carbocycles. The van der Waals surface area contributed by atoms with E-state index in [2.05, 4.69) is 22.0 Å². The molecule has 0 spiro atoms. The second-order valence-corrected chi connectivity index (χ2v) is 7.37. The number of hydrogen-bond donors (Lipinski definition) is 1. The van der Waals surface area contributed by atoms with Gasteiger partial charge in [-0.3, -0.25) is 0 Å². The van der Waals surface area contributed by atoms with Crippen molar-refractivity contribution in [2.24, 2.45) is 0 Å². The summed E-state index contributed by atoms with van der Waals surface area (Å²) in [6, 6.07) is 13.3. The maximum atomic E-state index is 13.5. The number of methoxy groups -OCH3 is 1. The Bertz CT molecular complexity index is 1160. The van der Waals surface area contributed by atoms with Gasteiger partial charge in [-0.25, -0.2) is 4.39 Å². The number of allylic oxidation sites excluding steroid dienone is 1. The number of halogens is 1. The lowest BCUT2D eigenvalue weighted by atomic mass is 9.95. The minimum Gasteiger partial charge on any atom is -0.497 e. The normalized spacial score (nSPS) is 16.3. The molecule has 158 valence electrons. The Hall–Kier alpha value is -3.52. The van der Waals surface area contributed by atoms with Crippen LogP contribution in [0, 0.1) is 5.82 Å². The molecule has 6 nitrogen and oxygen atoms in total. The molecule has 0 saturated heterocycles. The lowest BCUT2D eigenvalue weighted by molar-refractivity contribution is 0.399. The average Bonchev–Trinajstić information content (AvgIpc) is 3.26. The molecule has 3 aromatic rings. The third kappa shape index (κ3) is 4.06. The highest BCUT2D eigenvalue weighted by Crippen LogP contribution is 2.37. The van der Waals surface area contributed by atoms with Crippen LogP contribution in [0.5, 0.6) is 5.75 Å². The number of nitrogens with zero attached hydrogens (tertiary/aromatic N) is 3. The van der Waals surface area contributed by atoms with Crippen LogP contribution in [-0.4, -0.2) is 33.8 Å². The molecule has 1 aromatic heterocycles. The first-order valence-corrected chi connectivity index (χ1v) is 10.1. The number of aromatic nitrogens is 2. The number of ether oxygens (including phenoxy) is 1. The SMILES string of the molecule is C=CCN1C(=S)NC(c2ccc(F)cc2)C(c2nc(-c3cccc(OC)c3)no2)=C1C. The Morgan fingerprint density at radius 2 is 2.06 bits per heavy atom. The van der Waals surface area contributed by atoms with Gasteiger partial charge in [0.2, 0.25) is 5.82 Å². The summed E-state index contributed by atoms with van der Waals surface area (Å²) in [7, 11) is 1.60. The van der Waals surface area contributed by atoms with Crippen LogP contribution in [0.4, 0.5) is 4.39 Å². The van der Waals surface area contributed by atoms with E-state index in [9.17, 15) is 4.39 Å². The Morgan fingerprint density at radius 1 is 1.29 bits per heavy atom. The summed E-state index contributed by atoms with van der Waals surface area (Å²) in [4.78, 5) is 6.55. The fourth-order valence-electron chi connectivity index (χ4n) is 3.52. The van der Waals surface area contributed by atoms with Gasteiger partial charge < -0.3 is 19.5 Å². The molecule has 1 unspecified atom stereocenters. The van der Waals surface area contributed by atoms with E-state index in [1.54, 1.807) is 25.3 Å². The third-order valence-electron chi connectivity index (χ3n) is 5.10. The van der Waals surface area contributed by atoms with Crippen molar-refractivity contribution in [3.05, 3.63) is 84.2 Å². The first-order chi connectivity index (χ1) is 15.0. The second kappa shape index (κ2) is 8.69. The monoisotopic (exact) mass is 436 g/mol. The highest BCUT2D eigenvalue weighted by Gasteiger charge is 2.33. The van der Waals surface area contributed by atoms with Crippen molar-refractivity contribution in [1.82, 2.24) is 20.4 Å². The van der Waals surface area contributed by atoms with Crippen LogP contribution in [0.3, 0.4) is 0 Å². The predicted molar refractivity (Wildman–Crippen MR) is 121 cm³/mol. The van der Waals surface area contributed by atoms with E-state index in [4.69, 9.17) is 21.5 Å². The lowest BCUT2D eigenvalue weighted by Crippen LogP contribution is -2.45. The molecule has 2 heterocycles. The number of hydrogen-bond acceptors (Lipinski definition) is 5. The summed E-state index contributed by atoms with van der Waals surface area (Å²) in [6.07, 6.45) is 1.77. The molecule has 4 rings (SSSR count). The quantitative estimate of drug-likeness (QED) is 0.443. The fraction of sp³-hybridized carbons (Fsp3) is 0.174. The van der Waals surface area contributed by atoms with Crippen LogP contribution in [0.1, 0.15) is 24.4 Å². The van der Waals surface area contributed by atoms with E-state index in [1.807, 2.05) is 36.1 Å².